The molecule has 1 N–H and O–H groups in total. The van der Waals surface area contributed by atoms with Crippen molar-refractivity contribution in [1.82, 2.24) is 0 Å². The number of carbonyl (C=O) groups excluding carboxylic acids is 1. The molecule has 12 heteroatoms. The number of benzene rings is 1. The van der Waals surface area contributed by atoms with E-state index in [1.165, 1.54) is 18.2 Å². The molecule has 0 saturated carbocycles. The second kappa shape index (κ2) is 8.17. The molecule has 2 heterocycles. The summed E-state index contributed by atoms with van der Waals surface area (Å²) in [6.45, 7) is -0.890. The fraction of sp³-hybridized carbons (Fsp3) is 0.368. The molecule has 31 heavy (non-hydrogen) atoms. The lowest BCUT2D eigenvalue weighted by Gasteiger charge is -2.30. The van der Waals surface area contributed by atoms with Crippen LogP contribution in [0.3, 0.4) is 0 Å². The Labute approximate surface area is 173 Å². The fourth-order valence-electron chi connectivity index (χ4n) is 3.51. The second-order valence-corrected chi connectivity index (χ2v) is 6.86. The first-order valence-corrected chi connectivity index (χ1v) is 8.94. The Hall–Kier alpha value is -3.15. The van der Waals surface area contributed by atoms with E-state index in [1.807, 2.05) is 0 Å². The summed E-state index contributed by atoms with van der Waals surface area (Å²) in [5.41, 5.74) is -3.04. The topological polar surface area (TPSA) is 77.7 Å². The number of halogens is 5. The van der Waals surface area contributed by atoms with Crippen LogP contribution in [0.25, 0.3) is 0 Å². The quantitative estimate of drug-likeness (QED) is 0.433. The predicted octanol–water partition coefficient (Wildman–Crippen LogP) is 2.77. The molecule has 2 aromatic rings. The summed E-state index contributed by atoms with van der Waals surface area (Å²) in [6.07, 6.45) is -4.64. The summed E-state index contributed by atoms with van der Waals surface area (Å²) < 4.78 is 79.4. The molecule has 1 amide bonds. The van der Waals surface area contributed by atoms with Crippen molar-refractivity contribution in [1.29, 1.82) is 0 Å². The zero-order valence-electron chi connectivity index (χ0n) is 16.4. The molecular formula is C19H18F5N3O4. The molecule has 2 atom stereocenters. The number of amides is 1. The highest BCUT2D eigenvalue weighted by molar-refractivity contribution is 5.96. The summed E-state index contributed by atoms with van der Waals surface area (Å²) in [7, 11) is 1.86. The number of methoxy groups -OCH3 is 2. The van der Waals surface area contributed by atoms with Crippen molar-refractivity contribution >= 4 is 17.4 Å². The van der Waals surface area contributed by atoms with Crippen molar-refractivity contribution in [2.45, 2.75) is 24.2 Å². The normalized spacial score (nSPS) is 21.3. The maximum absolute atomic E-state index is 14.2. The molecule has 7 nitrogen and oxygen atoms in total. The summed E-state index contributed by atoms with van der Waals surface area (Å²) in [5.74, 6) is -4.53. The highest BCUT2D eigenvalue weighted by Gasteiger charge is 2.63. The van der Waals surface area contributed by atoms with Gasteiger partial charge in [0.25, 0.3) is 5.82 Å². The third-order valence-corrected chi connectivity index (χ3v) is 5.15. The number of nitrogens with one attached hydrogen (secondary N) is 1. The summed E-state index contributed by atoms with van der Waals surface area (Å²) >= 11 is 0. The number of rotatable bonds is 5. The largest absolute Gasteiger partial charge is 0.711 e. The Morgan fingerprint density at radius 1 is 1.26 bits per heavy atom. The molecule has 0 aliphatic carbocycles. The summed E-state index contributed by atoms with van der Waals surface area (Å²) in [4.78, 5) is 13.8. The van der Waals surface area contributed by atoms with Crippen LogP contribution < -0.4 is 19.7 Å². The van der Waals surface area contributed by atoms with Crippen LogP contribution in [-0.4, -0.2) is 44.5 Å². The standard InChI is InChI=1S/C19H18F5N3O4/c1-30-16-12(7-6-11(20)15(16)21)26-10-18(31-2,19(22,23)24)9-13(26)17(28)25-14-5-3-4-8-27(14)29/h3-8,13H,9-10H2,1-2H3,(H,25,28)/t13-,18-/m1/s1. The van der Waals surface area contributed by atoms with Gasteiger partial charge in [-0.05, 0) is 18.2 Å². The lowest BCUT2D eigenvalue weighted by molar-refractivity contribution is -0.590. The zero-order valence-corrected chi connectivity index (χ0v) is 16.4. The Morgan fingerprint density at radius 2 is 1.97 bits per heavy atom. The van der Waals surface area contributed by atoms with Gasteiger partial charge in [-0.3, -0.25) is 0 Å². The van der Waals surface area contributed by atoms with Gasteiger partial charge in [0.2, 0.25) is 5.82 Å². The number of aromatic nitrogens is 1. The molecule has 0 radical (unpaired) electrons. The highest BCUT2D eigenvalue weighted by atomic mass is 19.4. The van der Waals surface area contributed by atoms with Gasteiger partial charge < -0.3 is 19.6 Å². The minimum atomic E-state index is -4.88. The van der Waals surface area contributed by atoms with Gasteiger partial charge in [-0.1, -0.05) is 6.07 Å². The average molecular weight is 447 g/mol. The number of pyridine rings is 1. The molecule has 0 spiro atoms. The van der Waals surface area contributed by atoms with Gasteiger partial charge in [0.1, 0.15) is 6.04 Å². The molecule has 1 saturated heterocycles. The van der Waals surface area contributed by atoms with Crippen LogP contribution >= 0.6 is 0 Å². The van der Waals surface area contributed by atoms with Crippen LogP contribution in [0.2, 0.25) is 0 Å². The molecular weight excluding hydrogens is 429 g/mol. The Morgan fingerprint density at radius 3 is 2.55 bits per heavy atom. The van der Waals surface area contributed by atoms with Crippen LogP contribution in [0.5, 0.6) is 5.75 Å². The molecule has 0 unspecified atom stereocenters. The Kier molecular flexibility index (Phi) is 5.94. The average Bonchev–Trinajstić information content (AvgIpc) is 3.13. The molecule has 1 aliphatic heterocycles. The third kappa shape index (κ3) is 3.94. The predicted molar refractivity (Wildman–Crippen MR) is 98.5 cm³/mol. The van der Waals surface area contributed by atoms with Crippen molar-refractivity contribution in [2.75, 3.05) is 31.0 Å². The van der Waals surface area contributed by atoms with Crippen LogP contribution in [0.1, 0.15) is 6.42 Å². The molecule has 3 rings (SSSR count). The van der Waals surface area contributed by atoms with E-state index < -0.39 is 54.1 Å². The number of nitrogens with zero attached hydrogens (tertiary/aromatic N) is 2. The van der Waals surface area contributed by atoms with E-state index in [1.54, 1.807) is 0 Å². The molecule has 1 aromatic heterocycles. The van der Waals surface area contributed by atoms with Crippen molar-refractivity contribution in [3.8, 4) is 5.75 Å². The Bertz CT molecular complexity index is 988. The van der Waals surface area contributed by atoms with Crippen LogP contribution in [-0.2, 0) is 9.53 Å². The molecule has 1 aliphatic rings. The maximum Gasteiger partial charge on any atom is 0.419 e. The SMILES string of the molecule is COc1c(N2C[C@@](OC)(C(F)(F)F)C[C@@H]2C(=O)Nc2cccc[n+]2[O-])ccc(F)c1F. The van der Waals surface area contributed by atoms with Gasteiger partial charge in [0.05, 0.1) is 25.5 Å². The minimum absolute atomic E-state index is 0.216. The first-order valence-electron chi connectivity index (χ1n) is 8.94. The van der Waals surface area contributed by atoms with E-state index >= 15 is 0 Å². The van der Waals surface area contributed by atoms with E-state index in [-0.39, 0.29) is 11.5 Å². The van der Waals surface area contributed by atoms with Crippen LogP contribution in [0.15, 0.2) is 36.5 Å². The van der Waals surface area contributed by atoms with Crippen molar-refractivity contribution < 1.29 is 41.0 Å². The van der Waals surface area contributed by atoms with E-state index in [4.69, 9.17) is 9.47 Å². The number of hydrogen-bond acceptors (Lipinski definition) is 5. The molecule has 168 valence electrons. The van der Waals surface area contributed by atoms with E-state index in [0.717, 1.165) is 31.4 Å². The summed E-state index contributed by atoms with van der Waals surface area (Å²) in [6, 6.07) is 4.29. The monoisotopic (exact) mass is 447 g/mol. The maximum atomic E-state index is 14.2. The van der Waals surface area contributed by atoms with Gasteiger partial charge in [-0.2, -0.15) is 17.6 Å². The number of carbonyl (C=O) groups is 1. The van der Waals surface area contributed by atoms with Crippen LogP contribution in [0, 0.1) is 16.8 Å². The highest BCUT2D eigenvalue weighted by Crippen LogP contribution is 2.47. The number of ether oxygens (including phenoxy) is 2. The minimum Gasteiger partial charge on any atom is -0.711 e. The lowest BCUT2D eigenvalue weighted by atomic mass is 9.99. The first-order chi connectivity index (χ1) is 14.5. The van der Waals surface area contributed by atoms with Gasteiger partial charge in [0.15, 0.2) is 17.2 Å². The van der Waals surface area contributed by atoms with E-state index in [9.17, 15) is 32.0 Å². The fourth-order valence-corrected chi connectivity index (χ4v) is 3.51. The Balaban J connectivity index is 2.07. The van der Waals surface area contributed by atoms with Crippen molar-refractivity contribution in [3.05, 3.63) is 53.4 Å². The molecule has 0 bridgehead atoms. The van der Waals surface area contributed by atoms with Crippen molar-refractivity contribution in [2.24, 2.45) is 0 Å². The van der Waals surface area contributed by atoms with Gasteiger partial charge in [-0.15, -0.1) is 0 Å². The van der Waals surface area contributed by atoms with Crippen molar-refractivity contribution in [3.63, 3.8) is 0 Å². The molecule has 1 fully saturated rings. The van der Waals surface area contributed by atoms with E-state index in [0.29, 0.717) is 10.8 Å². The third-order valence-electron chi connectivity index (χ3n) is 5.15. The zero-order chi connectivity index (χ0) is 23.0. The number of alkyl halides is 3. The van der Waals surface area contributed by atoms with E-state index in [2.05, 4.69) is 5.32 Å². The summed E-state index contributed by atoms with van der Waals surface area (Å²) in [5, 5.41) is 14.1. The smallest absolute Gasteiger partial charge is 0.419 e. The number of hydrogen-bond donors (Lipinski definition) is 1. The van der Waals surface area contributed by atoms with Crippen LogP contribution in [0.4, 0.5) is 33.5 Å². The first kappa shape index (κ1) is 22.5. The van der Waals surface area contributed by atoms with Gasteiger partial charge in [0, 0.05) is 19.6 Å². The molecule has 1 aromatic carbocycles. The van der Waals surface area contributed by atoms with Gasteiger partial charge >= 0.3 is 12.1 Å². The van der Waals surface area contributed by atoms with Gasteiger partial charge in [-0.25, -0.2) is 19.2 Å². The number of anilines is 2. The lowest BCUT2D eigenvalue weighted by Crippen LogP contribution is -2.49. The second-order valence-electron chi connectivity index (χ2n) is 6.86.